The van der Waals surface area contributed by atoms with Crippen LogP contribution in [0.3, 0.4) is 0 Å². The zero-order valence-corrected chi connectivity index (χ0v) is 14.3. The summed E-state index contributed by atoms with van der Waals surface area (Å²) in [7, 11) is 0. The zero-order chi connectivity index (χ0) is 17.2. The summed E-state index contributed by atoms with van der Waals surface area (Å²) in [6.45, 7) is 0. The van der Waals surface area contributed by atoms with Crippen LogP contribution in [0.4, 0.5) is 4.39 Å². The molecule has 0 aliphatic carbocycles. The van der Waals surface area contributed by atoms with Gasteiger partial charge in [-0.3, -0.25) is 4.79 Å². The van der Waals surface area contributed by atoms with Crippen LogP contribution >= 0.6 is 11.8 Å². The first kappa shape index (κ1) is 16.1. The summed E-state index contributed by atoms with van der Waals surface area (Å²) < 4.78 is 13.9. The van der Waals surface area contributed by atoms with Crippen LogP contribution in [0.5, 0.6) is 0 Å². The Labute approximate surface area is 149 Å². The van der Waals surface area contributed by atoms with Crippen molar-refractivity contribution in [1.29, 1.82) is 0 Å². The molecule has 0 aromatic heterocycles. The molecule has 128 valence electrons. The Bertz CT molecular complexity index is 825. The van der Waals surface area contributed by atoms with E-state index in [9.17, 15) is 9.18 Å². The Hall–Kier alpha value is -2.34. The molecule has 0 saturated heterocycles. The Morgan fingerprint density at radius 2 is 2.04 bits per heavy atom. The average molecular weight is 356 g/mol. The summed E-state index contributed by atoms with van der Waals surface area (Å²) in [4.78, 5) is 18.6. The predicted molar refractivity (Wildman–Crippen MR) is 94.9 cm³/mol. The maximum atomic E-state index is 13.9. The van der Waals surface area contributed by atoms with Gasteiger partial charge < -0.3 is 10.2 Å². The Kier molecular flexibility index (Phi) is 4.44. The van der Waals surface area contributed by atoms with Crippen LogP contribution in [-0.2, 0) is 9.63 Å². The molecule has 0 unspecified atom stereocenters. The third-order valence-electron chi connectivity index (χ3n) is 4.43. The number of hydrogen-bond donors (Lipinski definition) is 1. The third-order valence-corrected chi connectivity index (χ3v) is 5.59. The number of carbonyl (C=O) groups is 1. The SMILES string of the molecule is O=C(N[C@H]1CCSc2c(F)cccc21)C1=NO[C@H](c2ccccc2)C1. The third kappa shape index (κ3) is 3.26. The highest BCUT2D eigenvalue weighted by Crippen LogP contribution is 2.38. The van der Waals surface area contributed by atoms with Crippen LogP contribution in [0.2, 0.25) is 0 Å². The largest absolute Gasteiger partial charge is 0.387 e. The van der Waals surface area contributed by atoms with Crippen molar-refractivity contribution in [1.82, 2.24) is 5.32 Å². The van der Waals surface area contributed by atoms with E-state index in [4.69, 9.17) is 4.84 Å². The fourth-order valence-corrected chi connectivity index (χ4v) is 4.28. The summed E-state index contributed by atoms with van der Waals surface area (Å²) in [6.07, 6.45) is 0.977. The number of nitrogens with one attached hydrogen (secondary N) is 1. The monoisotopic (exact) mass is 356 g/mol. The number of hydrogen-bond acceptors (Lipinski definition) is 4. The summed E-state index contributed by atoms with van der Waals surface area (Å²) >= 11 is 1.49. The van der Waals surface area contributed by atoms with Gasteiger partial charge in [0.05, 0.1) is 6.04 Å². The number of nitrogens with zero attached hydrogens (tertiary/aromatic N) is 1. The van der Waals surface area contributed by atoms with Crippen molar-refractivity contribution >= 4 is 23.4 Å². The highest BCUT2D eigenvalue weighted by Gasteiger charge is 2.30. The van der Waals surface area contributed by atoms with Crippen LogP contribution < -0.4 is 5.32 Å². The summed E-state index contributed by atoms with van der Waals surface area (Å²) in [6, 6.07) is 14.5. The quantitative estimate of drug-likeness (QED) is 0.904. The molecule has 0 bridgehead atoms. The number of amides is 1. The Morgan fingerprint density at radius 1 is 1.20 bits per heavy atom. The second-order valence-electron chi connectivity index (χ2n) is 6.07. The number of oxime groups is 1. The average Bonchev–Trinajstić information content (AvgIpc) is 3.14. The number of benzene rings is 2. The van der Waals surface area contributed by atoms with Gasteiger partial charge in [0, 0.05) is 17.1 Å². The van der Waals surface area contributed by atoms with E-state index in [0.29, 0.717) is 17.0 Å². The highest BCUT2D eigenvalue weighted by molar-refractivity contribution is 7.99. The van der Waals surface area contributed by atoms with Gasteiger partial charge in [0.15, 0.2) is 6.10 Å². The number of halogens is 1. The fourth-order valence-electron chi connectivity index (χ4n) is 3.14. The van der Waals surface area contributed by atoms with Crippen LogP contribution in [0.1, 0.15) is 36.1 Å². The maximum Gasteiger partial charge on any atom is 0.269 e. The van der Waals surface area contributed by atoms with Gasteiger partial charge >= 0.3 is 0 Å². The van der Waals surface area contributed by atoms with Crippen molar-refractivity contribution < 1.29 is 14.0 Å². The molecule has 2 heterocycles. The van der Waals surface area contributed by atoms with E-state index in [-0.39, 0.29) is 23.9 Å². The van der Waals surface area contributed by atoms with Crippen molar-refractivity contribution in [2.75, 3.05) is 5.75 Å². The minimum Gasteiger partial charge on any atom is -0.387 e. The van der Waals surface area contributed by atoms with Crippen LogP contribution in [0.15, 0.2) is 58.6 Å². The van der Waals surface area contributed by atoms with E-state index in [1.54, 1.807) is 6.07 Å². The van der Waals surface area contributed by atoms with E-state index in [0.717, 1.165) is 23.3 Å². The first-order chi connectivity index (χ1) is 12.2. The number of thioether (sulfide) groups is 1. The molecule has 2 aromatic rings. The van der Waals surface area contributed by atoms with Gasteiger partial charge in [-0.15, -0.1) is 11.8 Å². The molecule has 0 saturated carbocycles. The Balaban J connectivity index is 1.45. The molecule has 2 aromatic carbocycles. The van der Waals surface area contributed by atoms with Gasteiger partial charge in [-0.25, -0.2) is 4.39 Å². The van der Waals surface area contributed by atoms with Crippen molar-refractivity contribution in [3.8, 4) is 0 Å². The van der Waals surface area contributed by atoms with E-state index >= 15 is 0 Å². The minimum absolute atomic E-state index is 0.196. The Morgan fingerprint density at radius 3 is 2.88 bits per heavy atom. The van der Waals surface area contributed by atoms with Crippen LogP contribution in [-0.4, -0.2) is 17.4 Å². The van der Waals surface area contributed by atoms with Gasteiger partial charge in [-0.05, 0) is 23.6 Å². The van der Waals surface area contributed by atoms with Gasteiger partial charge in [0.1, 0.15) is 11.5 Å². The summed E-state index contributed by atoms with van der Waals surface area (Å²) in [5, 5.41) is 6.94. The smallest absolute Gasteiger partial charge is 0.269 e. The summed E-state index contributed by atoms with van der Waals surface area (Å²) in [5.41, 5.74) is 2.21. The highest BCUT2D eigenvalue weighted by atomic mass is 32.2. The lowest BCUT2D eigenvalue weighted by Crippen LogP contribution is -2.35. The van der Waals surface area contributed by atoms with E-state index in [1.807, 2.05) is 36.4 Å². The second kappa shape index (κ2) is 6.88. The van der Waals surface area contributed by atoms with Crippen molar-refractivity contribution in [3.63, 3.8) is 0 Å². The molecule has 1 amide bonds. The number of rotatable bonds is 3. The maximum absolute atomic E-state index is 13.9. The standard InChI is InChI=1S/C19H17FN2O2S/c20-14-8-4-7-13-15(9-10-25-18(13)14)21-19(23)16-11-17(24-22-16)12-5-2-1-3-6-12/h1-8,15,17H,9-11H2,(H,21,23)/t15-,17-/m0/s1. The predicted octanol–water partition coefficient (Wildman–Crippen LogP) is 4.00. The minimum atomic E-state index is -0.245. The molecular weight excluding hydrogens is 339 g/mol. The molecule has 4 nitrogen and oxygen atoms in total. The van der Waals surface area contributed by atoms with E-state index in [2.05, 4.69) is 10.5 Å². The van der Waals surface area contributed by atoms with Gasteiger partial charge in [0.2, 0.25) is 0 Å². The summed E-state index contributed by atoms with van der Waals surface area (Å²) in [5.74, 6) is 0.298. The molecule has 0 spiro atoms. The van der Waals surface area contributed by atoms with Crippen molar-refractivity contribution in [2.45, 2.75) is 29.9 Å². The molecule has 2 atom stereocenters. The fraction of sp³-hybridized carbons (Fsp3) is 0.263. The topological polar surface area (TPSA) is 50.7 Å². The lowest BCUT2D eigenvalue weighted by atomic mass is 10.0. The van der Waals surface area contributed by atoms with E-state index in [1.165, 1.54) is 17.8 Å². The number of fused-ring (bicyclic) bond motifs is 1. The molecule has 0 radical (unpaired) electrons. The van der Waals surface area contributed by atoms with Crippen LogP contribution in [0, 0.1) is 5.82 Å². The second-order valence-corrected chi connectivity index (χ2v) is 7.17. The molecule has 6 heteroatoms. The lowest BCUT2D eigenvalue weighted by Gasteiger charge is -2.26. The van der Waals surface area contributed by atoms with Gasteiger partial charge in [-0.2, -0.15) is 0 Å². The van der Waals surface area contributed by atoms with Gasteiger partial charge in [-0.1, -0.05) is 47.6 Å². The number of carbonyl (C=O) groups excluding carboxylic acids is 1. The first-order valence-corrected chi connectivity index (χ1v) is 9.20. The van der Waals surface area contributed by atoms with Crippen molar-refractivity contribution in [3.05, 3.63) is 65.5 Å². The van der Waals surface area contributed by atoms with Gasteiger partial charge in [0.25, 0.3) is 5.91 Å². The molecule has 1 N–H and O–H groups in total. The van der Waals surface area contributed by atoms with Crippen molar-refractivity contribution in [2.24, 2.45) is 5.16 Å². The molecular formula is C19H17FN2O2S. The molecule has 0 fully saturated rings. The van der Waals surface area contributed by atoms with E-state index < -0.39 is 0 Å². The molecule has 25 heavy (non-hydrogen) atoms. The lowest BCUT2D eigenvalue weighted by molar-refractivity contribution is -0.115. The van der Waals surface area contributed by atoms with Crippen LogP contribution in [0.25, 0.3) is 0 Å². The normalized spacial score (nSPS) is 21.9. The first-order valence-electron chi connectivity index (χ1n) is 8.22. The zero-order valence-electron chi connectivity index (χ0n) is 13.4. The molecule has 2 aliphatic heterocycles. The molecule has 2 aliphatic rings. The molecule has 4 rings (SSSR count).